The van der Waals surface area contributed by atoms with Crippen molar-refractivity contribution < 1.29 is 24.2 Å². The summed E-state index contributed by atoms with van der Waals surface area (Å²) in [6.45, 7) is 6.63. The van der Waals surface area contributed by atoms with Crippen molar-refractivity contribution in [3.05, 3.63) is 59.7 Å². The highest BCUT2D eigenvalue weighted by Crippen LogP contribution is 2.21. The van der Waals surface area contributed by atoms with E-state index in [4.69, 9.17) is 4.74 Å². The molecule has 0 saturated carbocycles. The van der Waals surface area contributed by atoms with Crippen molar-refractivity contribution in [1.82, 2.24) is 20.4 Å². The molecule has 0 radical (unpaired) electrons. The minimum absolute atomic E-state index is 0.128. The van der Waals surface area contributed by atoms with Gasteiger partial charge in [-0.15, -0.1) is 0 Å². The van der Waals surface area contributed by atoms with Crippen LogP contribution < -0.4 is 15.4 Å². The van der Waals surface area contributed by atoms with Gasteiger partial charge in [-0.05, 0) is 62.4 Å². The summed E-state index contributed by atoms with van der Waals surface area (Å²) >= 11 is 0. The van der Waals surface area contributed by atoms with E-state index in [0.717, 1.165) is 36.1 Å². The van der Waals surface area contributed by atoms with Gasteiger partial charge in [0.1, 0.15) is 29.7 Å². The molecule has 1 heterocycles. The molecule has 0 saturated heterocycles. The number of nitrogens with one attached hydrogen (secondary N) is 2. The summed E-state index contributed by atoms with van der Waals surface area (Å²) < 4.78 is 6.26. The summed E-state index contributed by atoms with van der Waals surface area (Å²) in [6.07, 6.45) is 2.94. The number of likely N-dealkylation sites (N-methyl/N-ethyl adjacent to an activating group) is 2. The van der Waals surface area contributed by atoms with Crippen molar-refractivity contribution in [2.24, 2.45) is 0 Å². The second-order valence-electron chi connectivity index (χ2n) is 10.7. The number of amides is 3. The van der Waals surface area contributed by atoms with E-state index < -0.39 is 24.0 Å². The Kier molecular flexibility index (Phi) is 11.4. The molecule has 3 N–H and O–H groups in total. The molecule has 2 aromatic carbocycles. The van der Waals surface area contributed by atoms with Gasteiger partial charge in [0.05, 0.1) is 6.04 Å². The third-order valence-corrected chi connectivity index (χ3v) is 7.44. The van der Waals surface area contributed by atoms with E-state index in [0.29, 0.717) is 19.5 Å². The van der Waals surface area contributed by atoms with Crippen LogP contribution in [0.4, 0.5) is 0 Å². The molecular weight excluding hydrogens is 508 g/mol. The lowest BCUT2D eigenvalue weighted by Gasteiger charge is -2.31. The number of benzene rings is 2. The topological polar surface area (TPSA) is 111 Å². The maximum absolute atomic E-state index is 13.6. The molecule has 0 aromatic heterocycles. The number of fused-ring (bicyclic) bond motifs is 1. The summed E-state index contributed by atoms with van der Waals surface area (Å²) in [5.41, 5.74) is 1.86. The van der Waals surface area contributed by atoms with Crippen LogP contribution in [0, 0.1) is 0 Å². The highest BCUT2D eigenvalue weighted by atomic mass is 16.5. The van der Waals surface area contributed by atoms with E-state index in [-0.39, 0.29) is 30.1 Å². The molecule has 1 aliphatic rings. The average Bonchev–Trinajstić information content (AvgIpc) is 2.94. The Labute approximate surface area is 237 Å². The van der Waals surface area contributed by atoms with Gasteiger partial charge in [0.15, 0.2) is 0 Å². The Balaban J connectivity index is 1.90. The van der Waals surface area contributed by atoms with Gasteiger partial charge in [0.25, 0.3) is 0 Å². The summed E-state index contributed by atoms with van der Waals surface area (Å²) in [7, 11) is 3.36. The first-order chi connectivity index (χ1) is 19.1. The minimum atomic E-state index is -0.826. The number of ether oxygens (including phenoxy) is 1. The van der Waals surface area contributed by atoms with Crippen LogP contribution in [0.15, 0.2) is 48.5 Å². The summed E-state index contributed by atoms with van der Waals surface area (Å²) in [5.74, 6) is 0.129. The molecule has 0 bridgehead atoms. The average molecular weight is 553 g/mol. The molecule has 0 fully saturated rings. The third kappa shape index (κ3) is 8.45. The van der Waals surface area contributed by atoms with E-state index in [2.05, 4.69) is 10.6 Å². The quantitative estimate of drug-likeness (QED) is 0.538. The van der Waals surface area contributed by atoms with E-state index in [1.165, 1.54) is 4.90 Å². The van der Waals surface area contributed by atoms with Crippen LogP contribution in [0.3, 0.4) is 0 Å². The smallest absolute Gasteiger partial charge is 0.245 e. The lowest BCUT2D eigenvalue weighted by Crippen LogP contribution is -2.56. The number of phenols is 1. The van der Waals surface area contributed by atoms with Crippen LogP contribution in [-0.2, 0) is 27.2 Å². The Hall–Kier alpha value is -3.59. The van der Waals surface area contributed by atoms with Crippen LogP contribution in [-0.4, -0.2) is 84.0 Å². The zero-order chi connectivity index (χ0) is 29.2. The summed E-state index contributed by atoms with van der Waals surface area (Å²) in [5, 5.41) is 15.9. The number of aryl methyl sites for hydroxylation is 1. The van der Waals surface area contributed by atoms with Gasteiger partial charge in [0, 0.05) is 33.6 Å². The van der Waals surface area contributed by atoms with Gasteiger partial charge < -0.3 is 30.3 Å². The van der Waals surface area contributed by atoms with Crippen molar-refractivity contribution in [3.8, 4) is 11.5 Å². The highest BCUT2D eigenvalue weighted by molar-refractivity contribution is 5.92. The van der Waals surface area contributed by atoms with Gasteiger partial charge in [-0.3, -0.25) is 14.4 Å². The first kappa shape index (κ1) is 30.9. The van der Waals surface area contributed by atoms with Crippen LogP contribution in [0.25, 0.3) is 0 Å². The number of phenolic OH excluding ortho intramolecular Hbond substituents is 1. The van der Waals surface area contributed by atoms with Gasteiger partial charge in [-0.25, -0.2) is 0 Å². The van der Waals surface area contributed by atoms with Crippen LogP contribution in [0.2, 0.25) is 0 Å². The Morgan fingerprint density at radius 2 is 1.68 bits per heavy atom. The molecule has 3 amide bonds. The maximum atomic E-state index is 13.6. The van der Waals surface area contributed by atoms with Gasteiger partial charge in [0.2, 0.25) is 17.7 Å². The Morgan fingerprint density at radius 3 is 2.38 bits per heavy atom. The van der Waals surface area contributed by atoms with E-state index >= 15 is 0 Å². The number of para-hydroxylation sites is 1. The first-order valence-corrected chi connectivity index (χ1v) is 14.2. The molecule has 218 valence electrons. The second-order valence-corrected chi connectivity index (χ2v) is 10.7. The SMILES string of the molecule is CCC[C@@H]1NC[C@@H](C)Oc2ccccc2CCCN(C)C(=O)[C@@H](Cc2ccc(O)cc2)NC(=O)[C@@H](C)N(C)C1=O. The molecule has 9 heteroatoms. The molecule has 40 heavy (non-hydrogen) atoms. The number of aromatic hydroxyl groups is 1. The number of hydrogen-bond acceptors (Lipinski definition) is 6. The van der Waals surface area contributed by atoms with Crippen molar-refractivity contribution >= 4 is 17.7 Å². The Bertz CT molecular complexity index is 1140. The Morgan fingerprint density at radius 1 is 0.975 bits per heavy atom. The third-order valence-electron chi connectivity index (χ3n) is 7.44. The highest BCUT2D eigenvalue weighted by Gasteiger charge is 2.31. The van der Waals surface area contributed by atoms with Crippen molar-refractivity contribution in [2.75, 3.05) is 27.2 Å². The summed E-state index contributed by atoms with van der Waals surface area (Å²) in [4.78, 5) is 43.5. The lowest BCUT2D eigenvalue weighted by molar-refractivity contribution is -0.142. The van der Waals surface area contributed by atoms with E-state index in [9.17, 15) is 19.5 Å². The minimum Gasteiger partial charge on any atom is -0.508 e. The normalized spacial score (nSPS) is 24.0. The van der Waals surface area contributed by atoms with E-state index in [1.807, 2.05) is 38.1 Å². The predicted molar refractivity (Wildman–Crippen MR) is 155 cm³/mol. The van der Waals surface area contributed by atoms with Gasteiger partial charge in [-0.1, -0.05) is 43.7 Å². The van der Waals surface area contributed by atoms with Gasteiger partial charge in [-0.2, -0.15) is 0 Å². The molecule has 0 spiro atoms. The summed E-state index contributed by atoms with van der Waals surface area (Å²) in [6, 6.07) is 12.4. The standard InChI is InChI=1S/C31H44N4O5/c1-6-10-26-31(39)35(5)22(3)29(37)33-27(19-23-14-16-25(36)17-15-23)30(38)34(4)18-9-12-24-11-7-8-13-28(24)40-21(2)20-32-26/h7-8,11,13-17,21-22,26-27,32,36H,6,9-10,12,18-20H2,1-5H3,(H,33,37)/t21-,22-,26+,27-/m1/s1. The monoisotopic (exact) mass is 552 g/mol. The van der Waals surface area contributed by atoms with Crippen LogP contribution in [0.5, 0.6) is 11.5 Å². The lowest BCUT2D eigenvalue weighted by atomic mass is 10.0. The second kappa shape index (κ2) is 14.7. The fraction of sp³-hybridized carbons (Fsp3) is 0.516. The van der Waals surface area contributed by atoms with Crippen molar-refractivity contribution in [1.29, 1.82) is 0 Å². The van der Waals surface area contributed by atoms with Crippen LogP contribution in [0.1, 0.15) is 51.2 Å². The van der Waals surface area contributed by atoms with Crippen molar-refractivity contribution in [2.45, 2.75) is 77.1 Å². The first-order valence-electron chi connectivity index (χ1n) is 14.2. The molecule has 4 atom stereocenters. The largest absolute Gasteiger partial charge is 0.508 e. The molecule has 0 aliphatic carbocycles. The fourth-order valence-corrected chi connectivity index (χ4v) is 4.85. The fourth-order valence-electron chi connectivity index (χ4n) is 4.85. The molecule has 0 unspecified atom stereocenters. The number of carbonyl (C=O) groups excluding carboxylic acids is 3. The molecular formula is C31H44N4O5. The van der Waals surface area contributed by atoms with E-state index in [1.54, 1.807) is 50.2 Å². The zero-order valence-electron chi connectivity index (χ0n) is 24.4. The van der Waals surface area contributed by atoms with Crippen LogP contribution >= 0.6 is 0 Å². The maximum Gasteiger partial charge on any atom is 0.245 e. The molecule has 9 nitrogen and oxygen atoms in total. The number of carbonyl (C=O) groups is 3. The number of rotatable bonds is 4. The zero-order valence-corrected chi connectivity index (χ0v) is 24.4. The molecule has 2 aromatic rings. The van der Waals surface area contributed by atoms with Crippen molar-refractivity contribution in [3.63, 3.8) is 0 Å². The van der Waals surface area contributed by atoms with Gasteiger partial charge >= 0.3 is 0 Å². The predicted octanol–water partition coefficient (Wildman–Crippen LogP) is 2.90. The number of hydrogen-bond donors (Lipinski definition) is 3. The molecule has 1 aliphatic heterocycles. The number of nitrogens with zero attached hydrogens (tertiary/aromatic N) is 2. The molecule has 3 rings (SSSR count).